The lowest BCUT2D eigenvalue weighted by molar-refractivity contribution is -0.141. The highest BCUT2D eigenvalue weighted by molar-refractivity contribution is 5.85. The van der Waals surface area contributed by atoms with Crippen molar-refractivity contribution < 1.29 is 9.90 Å². The van der Waals surface area contributed by atoms with E-state index in [9.17, 15) is 4.79 Å². The first-order valence-corrected chi connectivity index (χ1v) is 5.56. The fourth-order valence-electron chi connectivity index (χ4n) is 1.59. The van der Waals surface area contributed by atoms with Crippen LogP contribution in [0.5, 0.6) is 0 Å². The van der Waals surface area contributed by atoms with Gasteiger partial charge in [0.2, 0.25) is 0 Å². The minimum absolute atomic E-state index is 0. The lowest BCUT2D eigenvalue weighted by atomic mass is 9.96. The minimum Gasteiger partial charge on any atom is -0.481 e. The van der Waals surface area contributed by atoms with E-state index >= 15 is 0 Å². The third kappa shape index (κ3) is 4.75. The second-order valence-electron chi connectivity index (χ2n) is 4.37. The number of hydrogen-bond donors (Lipinski definition) is 2. The van der Waals surface area contributed by atoms with E-state index in [-0.39, 0.29) is 19.0 Å². The molecule has 3 N–H and O–H groups in total. The van der Waals surface area contributed by atoms with Gasteiger partial charge in [0, 0.05) is 6.54 Å². The van der Waals surface area contributed by atoms with Crippen molar-refractivity contribution in [1.29, 1.82) is 0 Å². The van der Waals surface area contributed by atoms with Crippen molar-refractivity contribution in [3.05, 3.63) is 35.4 Å². The van der Waals surface area contributed by atoms with Crippen LogP contribution in [0.2, 0.25) is 0 Å². The van der Waals surface area contributed by atoms with Crippen molar-refractivity contribution in [2.45, 2.75) is 26.2 Å². The average molecular weight is 258 g/mol. The molecule has 0 aromatic heterocycles. The number of benzene rings is 1. The molecule has 1 aromatic carbocycles. The highest BCUT2D eigenvalue weighted by Gasteiger charge is 2.15. The molecular weight excluding hydrogens is 238 g/mol. The summed E-state index contributed by atoms with van der Waals surface area (Å²) in [5.41, 5.74) is 7.72. The first-order chi connectivity index (χ1) is 7.54. The van der Waals surface area contributed by atoms with Crippen LogP contribution in [0.4, 0.5) is 0 Å². The van der Waals surface area contributed by atoms with Crippen LogP contribution in [0.25, 0.3) is 0 Å². The number of nitrogens with two attached hydrogens (primary N) is 1. The number of rotatable bonds is 5. The lowest BCUT2D eigenvalue weighted by Gasteiger charge is -2.11. The van der Waals surface area contributed by atoms with Crippen molar-refractivity contribution in [3.8, 4) is 0 Å². The molecule has 0 unspecified atom stereocenters. The first kappa shape index (κ1) is 15.9. The largest absolute Gasteiger partial charge is 0.481 e. The fourth-order valence-corrected chi connectivity index (χ4v) is 1.59. The molecule has 1 aromatic rings. The second-order valence-corrected chi connectivity index (χ2v) is 4.37. The predicted octanol–water partition coefficient (Wildman–Crippen LogP) is 2.43. The molecule has 17 heavy (non-hydrogen) atoms. The molecule has 0 aliphatic heterocycles. The molecule has 0 saturated carbocycles. The van der Waals surface area contributed by atoms with Crippen LogP contribution in [0.15, 0.2) is 24.3 Å². The third-order valence-electron chi connectivity index (χ3n) is 2.76. The maximum atomic E-state index is 10.8. The van der Waals surface area contributed by atoms with Crippen LogP contribution in [0, 0.1) is 5.92 Å². The normalized spacial score (nSPS) is 12.0. The van der Waals surface area contributed by atoms with Gasteiger partial charge >= 0.3 is 5.97 Å². The lowest BCUT2D eigenvalue weighted by Crippen LogP contribution is -2.25. The molecule has 0 aliphatic rings. The summed E-state index contributed by atoms with van der Waals surface area (Å²) in [6.45, 7) is 4.45. The number of aliphatic carboxylic acids is 1. The van der Waals surface area contributed by atoms with E-state index in [1.54, 1.807) is 0 Å². The molecule has 1 rings (SSSR count). The molecular formula is C13H20ClNO2. The molecule has 96 valence electrons. The smallest absolute Gasteiger partial charge is 0.308 e. The summed E-state index contributed by atoms with van der Waals surface area (Å²) in [5.74, 6) is -0.806. The zero-order valence-electron chi connectivity index (χ0n) is 10.2. The van der Waals surface area contributed by atoms with Gasteiger partial charge in [-0.1, -0.05) is 38.1 Å². The molecule has 0 bridgehead atoms. The van der Waals surface area contributed by atoms with Crippen LogP contribution >= 0.6 is 12.4 Å². The molecule has 0 spiro atoms. The van der Waals surface area contributed by atoms with E-state index in [1.165, 1.54) is 5.56 Å². The summed E-state index contributed by atoms with van der Waals surface area (Å²) in [4.78, 5) is 10.8. The molecule has 1 atom stereocenters. The minimum atomic E-state index is -0.824. The fraction of sp³-hybridized carbons (Fsp3) is 0.462. The van der Waals surface area contributed by atoms with E-state index in [0.717, 1.165) is 5.56 Å². The highest BCUT2D eigenvalue weighted by Crippen LogP contribution is 2.16. The maximum Gasteiger partial charge on any atom is 0.308 e. The molecule has 0 fully saturated rings. The molecule has 3 nitrogen and oxygen atoms in total. The molecule has 0 amide bonds. The number of carbonyl (C=O) groups is 1. The predicted molar refractivity (Wildman–Crippen MR) is 71.7 cm³/mol. The van der Waals surface area contributed by atoms with Gasteiger partial charge in [-0.15, -0.1) is 12.4 Å². The van der Waals surface area contributed by atoms with E-state index in [4.69, 9.17) is 10.8 Å². The quantitative estimate of drug-likeness (QED) is 0.852. The molecule has 0 saturated heterocycles. The van der Waals surface area contributed by atoms with E-state index < -0.39 is 11.9 Å². The van der Waals surface area contributed by atoms with E-state index in [0.29, 0.717) is 12.3 Å². The highest BCUT2D eigenvalue weighted by atomic mass is 35.5. The summed E-state index contributed by atoms with van der Waals surface area (Å²) in [6, 6.07) is 8.08. The Balaban J connectivity index is 0.00000256. The van der Waals surface area contributed by atoms with Crippen LogP contribution in [-0.4, -0.2) is 17.6 Å². The third-order valence-corrected chi connectivity index (χ3v) is 2.76. The number of carboxylic acids is 1. The van der Waals surface area contributed by atoms with Gasteiger partial charge in [0.25, 0.3) is 0 Å². The molecule has 0 radical (unpaired) electrons. The Bertz CT molecular complexity index is 349. The summed E-state index contributed by atoms with van der Waals surface area (Å²) in [5, 5.41) is 8.90. The SMILES string of the molecule is CC(C)c1ccc(C[C@H](CN)C(=O)O)cc1.Cl. The van der Waals surface area contributed by atoms with Gasteiger partial charge in [-0.3, -0.25) is 4.79 Å². The van der Waals surface area contributed by atoms with Gasteiger partial charge in [0.1, 0.15) is 0 Å². The van der Waals surface area contributed by atoms with Gasteiger partial charge in [0.15, 0.2) is 0 Å². The van der Waals surface area contributed by atoms with Gasteiger partial charge in [-0.05, 0) is 23.5 Å². The number of halogens is 1. The second kappa shape index (κ2) is 7.30. The molecule has 0 aliphatic carbocycles. The first-order valence-electron chi connectivity index (χ1n) is 5.56. The zero-order valence-corrected chi connectivity index (χ0v) is 11.0. The Morgan fingerprint density at radius 1 is 1.29 bits per heavy atom. The summed E-state index contributed by atoms with van der Waals surface area (Å²) in [6.07, 6.45) is 0.504. The van der Waals surface area contributed by atoms with Gasteiger partial charge in [-0.25, -0.2) is 0 Å². The summed E-state index contributed by atoms with van der Waals surface area (Å²) in [7, 11) is 0. The standard InChI is InChI=1S/C13H19NO2.ClH/c1-9(2)11-5-3-10(4-6-11)7-12(8-14)13(15)16;/h3-6,9,12H,7-8,14H2,1-2H3,(H,15,16);1H/t12-;/m1./s1. The van der Waals surface area contributed by atoms with Crippen molar-refractivity contribution >= 4 is 18.4 Å². The van der Waals surface area contributed by atoms with Gasteiger partial charge in [-0.2, -0.15) is 0 Å². The Morgan fingerprint density at radius 2 is 1.82 bits per heavy atom. The van der Waals surface area contributed by atoms with Crippen molar-refractivity contribution in [3.63, 3.8) is 0 Å². The summed E-state index contributed by atoms with van der Waals surface area (Å²) >= 11 is 0. The average Bonchev–Trinajstić information content (AvgIpc) is 2.26. The van der Waals surface area contributed by atoms with Crippen LogP contribution in [0.3, 0.4) is 0 Å². The Hall–Kier alpha value is -1.06. The Labute approximate surface area is 108 Å². The Kier molecular flexibility index (Phi) is 6.85. The molecule has 4 heteroatoms. The number of carboxylic acid groups (broad SMARTS) is 1. The van der Waals surface area contributed by atoms with E-state index in [2.05, 4.69) is 26.0 Å². The van der Waals surface area contributed by atoms with Gasteiger partial charge in [0.05, 0.1) is 5.92 Å². The van der Waals surface area contributed by atoms with Crippen LogP contribution in [0.1, 0.15) is 30.9 Å². The monoisotopic (exact) mass is 257 g/mol. The zero-order chi connectivity index (χ0) is 12.1. The number of hydrogen-bond acceptors (Lipinski definition) is 2. The van der Waals surface area contributed by atoms with Crippen molar-refractivity contribution in [1.82, 2.24) is 0 Å². The van der Waals surface area contributed by atoms with E-state index in [1.807, 2.05) is 12.1 Å². The van der Waals surface area contributed by atoms with Gasteiger partial charge < -0.3 is 10.8 Å². The summed E-state index contributed by atoms with van der Waals surface area (Å²) < 4.78 is 0. The molecule has 0 heterocycles. The maximum absolute atomic E-state index is 10.8. The van der Waals surface area contributed by atoms with Crippen molar-refractivity contribution in [2.24, 2.45) is 11.7 Å². The topological polar surface area (TPSA) is 63.3 Å². The van der Waals surface area contributed by atoms with Crippen LogP contribution < -0.4 is 5.73 Å². The van der Waals surface area contributed by atoms with Crippen molar-refractivity contribution in [2.75, 3.05) is 6.54 Å². The van der Waals surface area contributed by atoms with Crippen LogP contribution in [-0.2, 0) is 11.2 Å². The Morgan fingerprint density at radius 3 is 2.18 bits per heavy atom.